The van der Waals surface area contributed by atoms with Crippen molar-refractivity contribution in [2.45, 2.75) is 50.7 Å². The van der Waals surface area contributed by atoms with Crippen LogP contribution in [-0.4, -0.2) is 29.5 Å². The molecule has 0 atom stereocenters. The van der Waals surface area contributed by atoms with Crippen molar-refractivity contribution in [3.8, 4) is 0 Å². The maximum Gasteiger partial charge on any atom is 0.433 e. The molecular weight excluding hydrogens is 325 g/mol. The standard InChI is InChI=1S/C16H19F3N2O3/c1-10-11(6-7-12(20-10)16(17,18)19)13(22)21-15(14(23)24-2)8-4-3-5-9-15/h6-7H,3-5,8-9H2,1-2H3,(H,21,22). The van der Waals surface area contributed by atoms with Crippen LogP contribution < -0.4 is 5.32 Å². The van der Waals surface area contributed by atoms with E-state index in [2.05, 4.69) is 10.3 Å². The van der Waals surface area contributed by atoms with Gasteiger partial charge in [-0.3, -0.25) is 4.79 Å². The summed E-state index contributed by atoms with van der Waals surface area (Å²) in [6.45, 7) is 1.33. The van der Waals surface area contributed by atoms with E-state index in [9.17, 15) is 22.8 Å². The highest BCUT2D eigenvalue weighted by Crippen LogP contribution is 2.31. The molecule has 0 saturated heterocycles. The van der Waals surface area contributed by atoms with Gasteiger partial charge in [-0.2, -0.15) is 13.2 Å². The topological polar surface area (TPSA) is 68.3 Å². The molecule has 1 aliphatic carbocycles. The highest BCUT2D eigenvalue weighted by Gasteiger charge is 2.42. The highest BCUT2D eigenvalue weighted by atomic mass is 19.4. The van der Waals surface area contributed by atoms with Gasteiger partial charge in [0.05, 0.1) is 18.4 Å². The molecule has 1 amide bonds. The Bertz CT molecular complexity index is 638. The fourth-order valence-electron chi connectivity index (χ4n) is 2.97. The minimum absolute atomic E-state index is 0.0110. The van der Waals surface area contributed by atoms with Crippen LogP contribution in [0.4, 0.5) is 13.2 Å². The lowest BCUT2D eigenvalue weighted by molar-refractivity contribution is -0.149. The Hall–Kier alpha value is -2.12. The number of aryl methyl sites for hydroxylation is 1. The van der Waals surface area contributed by atoms with E-state index >= 15 is 0 Å². The first kappa shape index (κ1) is 18.2. The number of amides is 1. The summed E-state index contributed by atoms with van der Waals surface area (Å²) in [7, 11) is 1.25. The maximum absolute atomic E-state index is 12.7. The number of pyridine rings is 1. The van der Waals surface area contributed by atoms with Gasteiger partial charge in [-0.25, -0.2) is 9.78 Å². The lowest BCUT2D eigenvalue weighted by Crippen LogP contribution is -2.56. The van der Waals surface area contributed by atoms with Crippen LogP contribution >= 0.6 is 0 Å². The number of carbonyl (C=O) groups excluding carboxylic acids is 2. The van der Waals surface area contributed by atoms with Crippen molar-refractivity contribution in [1.82, 2.24) is 10.3 Å². The number of aromatic nitrogens is 1. The predicted octanol–water partition coefficient (Wildman–Crippen LogP) is 3.01. The lowest BCUT2D eigenvalue weighted by atomic mass is 9.81. The molecule has 2 rings (SSSR count). The predicted molar refractivity (Wildman–Crippen MR) is 79.3 cm³/mol. The monoisotopic (exact) mass is 344 g/mol. The molecule has 1 aromatic heterocycles. The van der Waals surface area contributed by atoms with Gasteiger partial charge in [0.25, 0.3) is 5.91 Å². The zero-order valence-electron chi connectivity index (χ0n) is 13.5. The molecule has 8 heteroatoms. The second-order valence-corrected chi connectivity index (χ2v) is 5.92. The normalized spacial score (nSPS) is 17.2. The van der Waals surface area contributed by atoms with Gasteiger partial charge in [-0.1, -0.05) is 19.3 Å². The maximum atomic E-state index is 12.7. The van der Waals surface area contributed by atoms with Crippen LogP contribution in [0.15, 0.2) is 12.1 Å². The summed E-state index contributed by atoms with van der Waals surface area (Å²) in [6.07, 6.45) is -1.21. The molecule has 1 N–H and O–H groups in total. The fraction of sp³-hybridized carbons (Fsp3) is 0.562. The van der Waals surface area contributed by atoms with Crippen LogP contribution in [-0.2, 0) is 15.7 Å². The number of esters is 1. The molecule has 0 spiro atoms. The number of alkyl halides is 3. The molecule has 1 saturated carbocycles. The van der Waals surface area contributed by atoms with Crippen molar-refractivity contribution in [1.29, 1.82) is 0 Å². The number of nitrogens with zero attached hydrogens (tertiary/aromatic N) is 1. The van der Waals surface area contributed by atoms with Gasteiger partial charge in [0, 0.05) is 0 Å². The zero-order valence-corrected chi connectivity index (χ0v) is 13.5. The quantitative estimate of drug-likeness (QED) is 0.856. The summed E-state index contributed by atoms with van der Waals surface area (Å²) in [5.74, 6) is -1.16. The van der Waals surface area contributed by atoms with E-state index in [1.807, 2.05) is 0 Å². The smallest absolute Gasteiger partial charge is 0.433 e. The lowest BCUT2D eigenvalue weighted by Gasteiger charge is -2.35. The van der Waals surface area contributed by atoms with Gasteiger partial charge < -0.3 is 10.1 Å². The summed E-state index contributed by atoms with van der Waals surface area (Å²) in [5, 5.41) is 2.66. The minimum Gasteiger partial charge on any atom is -0.467 e. The molecule has 1 fully saturated rings. The van der Waals surface area contributed by atoms with Crippen molar-refractivity contribution < 1.29 is 27.5 Å². The Morgan fingerprint density at radius 2 is 1.83 bits per heavy atom. The summed E-state index contributed by atoms with van der Waals surface area (Å²) in [5.41, 5.74) is -2.22. The van der Waals surface area contributed by atoms with Crippen LogP contribution in [0.5, 0.6) is 0 Å². The van der Waals surface area contributed by atoms with Gasteiger partial charge in [-0.05, 0) is 31.9 Å². The first-order chi connectivity index (χ1) is 11.2. The number of rotatable bonds is 3. The molecule has 24 heavy (non-hydrogen) atoms. The SMILES string of the molecule is COC(=O)C1(NC(=O)c2ccc(C(F)(F)F)nc2C)CCCCC1. The van der Waals surface area contributed by atoms with Crippen LogP contribution in [0.2, 0.25) is 0 Å². The van der Waals surface area contributed by atoms with E-state index in [0.717, 1.165) is 31.4 Å². The number of methoxy groups -OCH3 is 1. The van der Waals surface area contributed by atoms with E-state index < -0.39 is 29.3 Å². The largest absolute Gasteiger partial charge is 0.467 e. The van der Waals surface area contributed by atoms with Gasteiger partial charge in [0.2, 0.25) is 0 Å². The Morgan fingerprint density at radius 1 is 1.21 bits per heavy atom. The van der Waals surface area contributed by atoms with E-state index in [-0.39, 0.29) is 11.3 Å². The molecule has 1 aromatic rings. The second-order valence-electron chi connectivity index (χ2n) is 5.92. The minimum atomic E-state index is -4.57. The molecule has 0 unspecified atom stereocenters. The molecule has 1 aliphatic rings. The van der Waals surface area contributed by atoms with Crippen molar-refractivity contribution >= 4 is 11.9 Å². The Morgan fingerprint density at radius 3 is 2.33 bits per heavy atom. The average molecular weight is 344 g/mol. The zero-order chi connectivity index (χ0) is 18.0. The van der Waals surface area contributed by atoms with Crippen molar-refractivity contribution in [3.63, 3.8) is 0 Å². The fourth-order valence-corrected chi connectivity index (χ4v) is 2.97. The molecule has 0 bridgehead atoms. The van der Waals surface area contributed by atoms with Crippen molar-refractivity contribution in [2.24, 2.45) is 0 Å². The van der Waals surface area contributed by atoms with Crippen LogP contribution in [0.1, 0.15) is 53.8 Å². The second kappa shape index (κ2) is 6.78. The summed E-state index contributed by atoms with van der Waals surface area (Å²) >= 11 is 0. The highest BCUT2D eigenvalue weighted by molar-refractivity contribution is 5.99. The van der Waals surface area contributed by atoms with Crippen molar-refractivity contribution in [2.75, 3.05) is 7.11 Å². The molecule has 0 radical (unpaired) electrons. The number of halogens is 3. The molecule has 132 valence electrons. The third-order valence-electron chi connectivity index (χ3n) is 4.26. The summed E-state index contributed by atoms with van der Waals surface area (Å²) in [6, 6.07) is 1.84. The van der Waals surface area contributed by atoms with Gasteiger partial charge in [0.15, 0.2) is 0 Å². The third-order valence-corrected chi connectivity index (χ3v) is 4.26. The van der Waals surface area contributed by atoms with Gasteiger partial charge >= 0.3 is 12.1 Å². The number of nitrogens with one attached hydrogen (secondary N) is 1. The van der Waals surface area contributed by atoms with Gasteiger partial charge in [-0.15, -0.1) is 0 Å². The molecule has 5 nitrogen and oxygen atoms in total. The van der Waals surface area contributed by atoms with Crippen LogP contribution in [0, 0.1) is 6.92 Å². The first-order valence-electron chi connectivity index (χ1n) is 7.65. The van der Waals surface area contributed by atoms with Crippen LogP contribution in [0.3, 0.4) is 0 Å². The first-order valence-corrected chi connectivity index (χ1v) is 7.65. The number of hydrogen-bond acceptors (Lipinski definition) is 4. The third kappa shape index (κ3) is 3.68. The van der Waals surface area contributed by atoms with E-state index in [4.69, 9.17) is 4.74 Å². The van der Waals surface area contributed by atoms with E-state index in [1.54, 1.807) is 0 Å². The Kier molecular flexibility index (Phi) is 5.15. The van der Waals surface area contributed by atoms with Crippen molar-refractivity contribution in [3.05, 3.63) is 29.1 Å². The number of carbonyl (C=O) groups is 2. The van der Waals surface area contributed by atoms with E-state index in [0.29, 0.717) is 12.8 Å². The average Bonchev–Trinajstić information content (AvgIpc) is 2.53. The Labute approximate surface area is 137 Å². The van der Waals surface area contributed by atoms with Gasteiger partial charge in [0.1, 0.15) is 11.2 Å². The van der Waals surface area contributed by atoms with Crippen LogP contribution in [0.25, 0.3) is 0 Å². The summed E-state index contributed by atoms with van der Waals surface area (Å²) < 4.78 is 42.8. The number of ether oxygens (including phenoxy) is 1. The molecule has 0 aromatic carbocycles. The molecule has 1 heterocycles. The molecule has 0 aliphatic heterocycles. The van der Waals surface area contributed by atoms with E-state index in [1.165, 1.54) is 14.0 Å². The number of hydrogen-bond donors (Lipinski definition) is 1. The Balaban J connectivity index is 2.26. The molecular formula is C16H19F3N2O3. The summed E-state index contributed by atoms with van der Waals surface area (Å²) in [4.78, 5) is 28.0.